The molecule has 132 valence electrons. The Morgan fingerprint density at radius 1 is 1.21 bits per heavy atom. The van der Waals surface area contributed by atoms with Crippen molar-refractivity contribution in [2.75, 3.05) is 32.8 Å². The fourth-order valence-corrected chi connectivity index (χ4v) is 3.18. The van der Waals surface area contributed by atoms with Gasteiger partial charge in [0.2, 0.25) is 0 Å². The second-order valence-electron chi connectivity index (χ2n) is 6.85. The van der Waals surface area contributed by atoms with Crippen LogP contribution in [0.25, 0.3) is 0 Å². The molecule has 0 bridgehead atoms. The van der Waals surface area contributed by atoms with Crippen molar-refractivity contribution in [1.82, 2.24) is 19.8 Å². The summed E-state index contributed by atoms with van der Waals surface area (Å²) < 4.78 is 7.25. The van der Waals surface area contributed by atoms with Crippen molar-refractivity contribution >= 4 is 11.8 Å². The Morgan fingerprint density at radius 2 is 1.96 bits per heavy atom. The van der Waals surface area contributed by atoms with Crippen LogP contribution in [-0.2, 0) is 17.7 Å². The van der Waals surface area contributed by atoms with Crippen molar-refractivity contribution in [2.24, 2.45) is 5.92 Å². The fourth-order valence-electron chi connectivity index (χ4n) is 3.18. The maximum absolute atomic E-state index is 12.8. The summed E-state index contributed by atoms with van der Waals surface area (Å²) in [5.41, 5.74) is 1.36. The molecule has 3 heterocycles. The number of nitrogens with zero attached hydrogens (tertiary/aromatic N) is 3. The standard InChI is InChI=1S/C17H26N4O3/c1-12(2)11-18-16(22)15-19-14(13-5-3-4-6-21(13)15)17(23)20-7-9-24-10-8-20/h12H,3-11H2,1-2H3,(H,18,22). The topological polar surface area (TPSA) is 76.5 Å². The summed E-state index contributed by atoms with van der Waals surface area (Å²) in [6, 6.07) is 0. The molecule has 0 aliphatic carbocycles. The minimum Gasteiger partial charge on any atom is -0.378 e. The van der Waals surface area contributed by atoms with E-state index < -0.39 is 0 Å². The molecule has 1 N–H and O–H groups in total. The normalized spacial score (nSPS) is 17.7. The third-order valence-electron chi connectivity index (χ3n) is 4.49. The number of carbonyl (C=O) groups is 2. The summed E-state index contributed by atoms with van der Waals surface area (Å²) in [6.07, 6.45) is 2.84. The molecule has 0 atom stereocenters. The van der Waals surface area contributed by atoms with Crippen LogP contribution in [0.5, 0.6) is 0 Å². The van der Waals surface area contributed by atoms with Crippen LogP contribution in [0.2, 0.25) is 0 Å². The molecule has 0 saturated carbocycles. The van der Waals surface area contributed by atoms with Gasteiger partial charge in [-0.1, -0.05) is 13.8 Å². The number of hydrogen-bond donors (Lipinski definition) is 1. The first kappa shape index (κ1) is 17.0. The summed E-state index contributed by atoms with van der Waals surface area (Å²) in [4.78, 5) is 31.6. The molecule has 1 aromatic heterocycles. The Balaban J connectivity index is 1.86. The van der Waals surface area contributed by atoms with Gasteiger partial charge in [-0.3, -0.25) is 9.59 Å². The molecule has 1 fully saturated rings. The molecule has 1 saturated heterocycles. The van der Waals surface area contributed by atoms with E-state index >= 15 is 0 Å². The molecule has 0 spiro atoms. The summed E-state index contributed by atoms with van der Waals surface area (Å²) in [5, 5.41) is 2.91. The second kappa shape index (κ2) is 7.34. The highest BCUT2D eigenvalue weighted by Crippen LogP contribution is 2.22. The number of nitrogens with one attached hydrogen (secondary N) is 1. The van der Waals surface area contributed by atoms with Crippen LogP contribution < -0.4 is 5.32 Å². The third-order valence-corrected chi connectivity index (χ3v) is 4.49. The van der Waals surface area contributed by atoms with Gasteiger partial charge in [-0.15, -0.1) is 0 Å². The van der Waals surface area contributed by atoms with E-state index in [0.29, 0.717) is 50.3 Å². The van der Waals surface area contributed by atoms with Gasteiger partial charge >= 0.3 is 0 Å². The van der Waals surface area contributed by atoms with Crippen LogP contribution in [0, 0.1) is 5.92 Å². The van der Waals surface area contributed by atoms with E-state index in [1.807, 2.05) is 4.57 Å². The zero-order chi connectivity index (χ0) is 17.1. The molecule has 7 heteroatoms. The third kappa shape index (κ3) is 3.45. The van der Waals surface area contributed by atoms with Gasteiger partial charge in [-0.05, 0) is 25.2 Å². The van der Waals surface area contributed by atoms with Gasteiger partial charge in [0, 0.05) is 26.2 Å². The van der Waals surface area contributed by atoms with Gasteiger partial charge in [0.25, 0.3) is 11.8 Å². The number of aromatic nitrogens is 2. The molecule has 2 aliphatic heterocycles. The summed E-state index contributed by atoms with van der Waals surface area (Å²) >= 11 is 0. The lowest BCUT2D eigenvalue weighted by atomic mass is 10.1. The van der Waals surface area contributed by atoms with E-state index in [2.05, 4.69) is 24.1 Å². The average molecular weight is 334 g/mol. The maximum Gasteiger partial charge on any atom is 0.287 e. The Morgan fingerprint density at radius 3 is 2.67 bits per heavy atom. The quantitative estimate of drug-likeness (QED) is 0.894. The second-order valence-corrected chi connectivity index (χ2v) is 6.85. The lowest BCUT2D eigenvalue weighted by Crippen LogP contribution is -2.41. The van der Waals surface area contributed by atoms with Crippen LogP contribution in [0.4, 0.5) is 0 Å². The first-order chi connectivity index (χ1) is 11.6. The van der Waals surface area contributed by atoms with Crippen molar-refractivity contribution in [1.29, 1.82) is 0 Å². The van der Waals surface area contributed by atoms with Crippen molar-refractivity contribution in [3.8, 4) is 0 Å². The van der Waals surface area contributed by atoms with Gasteiger partial charge in [0.05, 0.1) is 18.9 Å². The van der Waals surface area contributed by atoms with Crippen LogP contribution in [-0.4, -0.2) is 59.1 Å². The van der Waals surface area contributed by atoms with E-state index in [1.165, 1.54) is 0 Å². The molecule has 0 unspecified atom stereocenters. The van der Waals surface area contributed by atoms with Gasteiger partial charge < -0.3 is 19.5 Å². The lowest BCUT2D eigenvalue weighted by molar-refractivity contribution is 0.0298. The predicted octanol–water partition coefficient (Wildman–Crippen LogP) is 1.08. The largest absolute Gasteiger partial charge is 0.378 e. The molecule has 7 nitrogen and oxygen atoms in total. The fraction of sp³-hybridized carbons (Fsp3) is 0.706. The smallest absolute Gasteiger partial charge is 0.287 e. The molecule has 1 aromatic rings. The molecular formula is C17H26N4O3. The first-order valence-corrected chi connectivity index (χ1v) is 8.82. The minimum absolute atomic E-state index is 0.0770. The van der Waals surface area contributed by atoms with Gasteiger partial charge in [0.15, 0.2) is 5.82 Å². The molecule has 0 radical (unpaired) electrons. The number of fused-ring (bicyclic) bond motifs is 1. The van der Waals surface area contributed by atoms with Crippen molar-refractivity contribution in [3.63, 3.8) is 0 Å². The van der Waals surface area contributed by atoms with Crippen LogP contribution in [0.3, 0.4) is 0 Å². The Bertz CT molecular complexity index is 618. The minimum atomic E-state index is -0.187. The lowest BCUT2D eigenvalue weighted by Gasteiger charge is -2.26. The summed E-state index contributed by atoms with van der Waals surface area (Å²) in [7, 11) is 0. The van der Waals surface area contributed by atoms with Crippen LogP contribution in [0.15, 0.2) is 0 Å². The number of hydrogen-bond acceptors (Lipinski definition) is 4. The van der Waals surface area contributed by atoms with Crippen molar-refractivity contribution in [2.45, 2.75) is 39.7 Å². The van der Waals surface area contributed by atoms with Crippen molar-refractivity contribution in [3.05, 3.63) is 17.2 Å². The van der Waals surface area contributed by atoms with E-state index in [1.54, 1.807) is 4.90 Å². The molecule has 2 aliphatic rings. The zero-order valence-electron chi connectivity index (χ0n) is 14.5. The van der Waals surface area contributed by atoms with E-state index in [9.17, 15) is 9.59 Å². The van der Waals surface area contributed by atoms with E-state index in [-0.39, 0.29) is 11.8 Å². The molecule has 3 rings (SSSR count). The van der Waals surface area contributed by atoms with Gasteiger partial charge in [-0.25, -0.2) is 4.98 Å². The summed E-state index contributed by atoms with van der Waals surface area (Å²) in [5.74, 6) is 0.487. The Labute approximate surface area is 142 Å². The number of imidazole rings is 1. The van der Waals surface area contributed by atoms with E-state index in [4.69, 9.17) is 4.74 Å². The van der Waals surface area contributed by atoms with E-state index in [0.717, 1.165) is 31.5 Å². The zero-order valence-corrected chi connectivity index (χ0v) is 14.5. The molecule has 0 aromatic carbocycles. The van der Waals surface area contributed by atoms with Crippen LogP contribution >= 0.6 is 0 Å². The Kier molecular flexibility index (Phi) is 5.18. The number of amides is 2. The highest BCUT2D eigenvalue weighted by Gasteiger charge is 2.30. The Hall–Kier alpha value is -1.89. The molecule has 2 amide bonds. The predicted molar refractivity (Wildman–Crippen MR) is 89.1 cm³/mol. The SMILES string of the molecule is CC(C)CNC(=O)c1nc(C(=O)N2CCOCC2)c2n1CCCC2. The molecular weight excluding hydrogens is 308 g/mol. The first-order valence-electron chi connectivity index (χ1n) is 8.82. The van der Waals surface area contributed by atoms with Gasteiger partial charge in [-0.2, -0.15) is 0 Å². The van der Waals surface area contributed by atoms with Crippen molar-refractivity contribution < 1.29 is 14.3 Å². The monoisotopic (exact) mass is 334 g/mol. The number of morpholine rings is 1. The number of rotatable bonds is 4. The number of carbonyl (C=O) groups excluding carboxylic acids is 2. The number of ether oxygens (including phenoxy) is 1. The highest BCUT2D eigenvalue weighted by atomic mass is 16.5. The highest BCUT2D eigenvalue weighted by molar-refractivity contribution is 5.97. The average Bonchev–Trinajstić information content (AvgIpc) is 2.99. The van der Waals surface area contributed by atoms with Crippen LogP contribution in [0.1, 0.15) is 53.5 Å². The maximum atomic E-state index is 12.8. The molecule has 24 heavy (non-hydrogen) atoms. The van der Waals surface area contributed by atoms with Gasteiger partial charge in [0.1, 0.15) is 5.69 Å². The summed E-state index contributed by atoms with van der Waals surface area (Å²) in [6.45, 7) is 7.74.